The average Bonchev–Trinajstić information content (AvgIpc) is 2.13. The van der Waals surface area contributed by atoms with Crippen molar-refractivity contribution < 1.29 is 17.9 Å². The van der Waals surface area contributed by atoms with Gasteiger partial charge in [-0.1, -0.05) is 6.92 Å². The first kappa shape index (κ1) is 9.89. The van der Waals surface area contributed by atoms with Crippen LogP contribution < -0.4 is 4.74 Å². The van der Waals surface area contributed by atoms with E-state index in [9.17, 15) is 13.2 Å². The molecule has 1 rings (SSSR count). The van der Waals surface area contributed by atoms with E-state index in [2.05, 4.69) is 0 Å². The molecular weight excluding hydrogens is 181 g/mol. The molecule has 0 spiro atoms. The number of hydrogen-bond donors (Lipinski definition) is 0. The van der Waals surface area contributed by atoms with Gasteiger partial charge in [0.05, 0.1) is 6.61 Å². The molecule has 0 heterocycles. The Balaban J connectivity index is 2.90. The van der Waals surface area contributed by atoms with Crippen molar-refractivity contribution >= 4 is 0 Å². The number of halogens is 3. The smallest absolute Gasteiger partial charge is 0.203 e. The third-order valence-corrected chi connectivity index (χ3v) is 1.46. The molecule has 0 radical (unpaired) electrons. The molecule has 1 nitrogen and oxygen atoms in total. The van der Waals surface area contributed by atoms with E-state index in [1.165, 1.54) is 0 Å². The monoisotopic (exact) mass is 190 g/mol. The van der Waals surface area contributed by atoms with E-state index in [-0.39, 0.29) is 12.4 Å². The van der Waals surface area contributed by atoms with Crippen LogP contribution in [-0.2, 0) is 0 Å². The molecule has 0 unspecified atom stereocenters. The highest BCUT2D eigenvalue weighted by atomic mass is 19.2. The minimum absolute atomic E-state index is 0.249. The molecule has 0 saturated carbocycles. The van der Waals surface area contributed by atoms with Gasteiger partial charge in [-0.05, 0) is 18.6 Å². The molecule has 0 aliphatic carbocycles. The lowest BCUT2D eigenvalue weighted by atomic mass is 10.3. The van der Waals surface area contributed by atoms with Crippen LogP contribution in [0.2, 0.25) is 0 Å². The summed E-state index contributed by atoms with van der Waals surface area (Å²) in [4.78, 5) is 0. The quantitative estimate of drug-likeness (QED) is 0.666. The average molecular weight is 190 g/mol. The fraction of sp³-hybridized carbons (Fsp3) is 0.333. The van der Waals surface area contributed by atoms with Gasteiger partial charge in [0, 0.05) is 0 Å². The summed E-state index contributed by atoms with van der Waals surface area (Å²) in [5, 5.41) is 0. The van der Waals surface area contributed by atoms with Crippen LogP contribution in [0.15, 0.2) is 12.1 Å². The molecule has 0 amide bonds. The zero-order valence-electron chi connectivity index (χ0n) is 7.11. The highest BCUT2D eigenvalue weighted by Gasteiger charge is 2.13. The van der Waals surface area contributed by atoms with Crippen LogP contribution in [0.4, 0.5) is 13.2 Å². The van der Waals surface area contributed by atoms with Gasteiger partial charge in [-0.15, -0.1) is 0 Å². The minimum atomic E-state index is -1.49. The van der Waals surface area contributed by atoms with Crippen LogP contribution in [0.3, 0.4) is 0 Å². The third-order valence-electron chi connectivity index (χ3n) is 1.46. The molecule has 4 heteroatoms. The molecule has 0 fully saturated rings. The molecule has 0 aliphatic rings. The Bertz CT molecular complexity index is 299. The van der Waals surface area contributed by atoms with Gasteiger partial charge in [0.2, 0.25) is 5.82 Å². The predicted molar refractivity (Wildman–Crippen MR) is 42.1 cm³/mol. The summed E-state index contributed by atoms with van der Waals surface area (Å²) in [6.45, 7) is 2.11. The van der Waals surface area contributed by atoms with Crippen molar-refractivity contribution in [2.75, 3.05) is 6.61 Å². The zero-order chi connectivity index (χ0) is 9.84. The first-order chi connectivity index (χ1) is 6.16. The summed E-state index contributed by atoms with van der Waals surface area (Å²) in [5.74, 6) is -4.22. The summed E-state index contributed by atoms with van der Waals surface area (Å²) < 4.78 is 42.7. The van der Waals surface area contributed by atoms with Crippen LogP contribution in [0.5, 0.6) is 5.75 Å². The Labute approximate surface area is 74.1 Å². The summed E-state index contributed by atoms with van der Waals surface area (Å²) >= 11 is 0. The maximum atomic E-state index is 12.8. The Morgan fingerprint density at radius 2 is 1.85 bits per heavy atom. The van der Waals surface area contributed by atoms with E-state index in [4.69, 9.17) is 4.74 Å². The second kappa shape index (κ2) is 4.16. The van der Waals surface area contributed by atoms with Gasteiger partial charge < -0.3 is 4.74 Å². The Morgan fingerprint density at radius 3 is 2.46 bits per heavy atom. The molecule has 0 atom stereocenters. The fourth-order valence-electron chi connectivity index (χ4n) is 0.832. The topological polar surface area (TPSA) is 9.23 Å². The van der Waals surface area contributed by atoms with Gasteiger partial charge in [-0.3, -0.25) is 0 Å². The highest BCUT2D eigenvalue weighted by molar-refractivity contribution is 5.26. The molecule has 0 aromatic heterocycles. The Hall–Kier alpha value is -1.19. The van der Waals surface area contributed by atoms with Crippen molar-refractivity contribution in [1.29, 1.82) is 0 Å². The summed E-state index contributed by atoms with van der Waals surface area (Å²) in [6, 6.07) is 1.91. The lowest BCUT2D eigenvalue weighted by Gasteiger charge is -2.05. The highest BCUT2D eigenvalue weighted by Crippen LogP contribution is 2.21. The summed E-state index contributed by atoms with van der Waals surface area (Å²) in [6.07, 6.45) is 0.679. The lowest BCUT2D eigenvalue weighted by molar-refractivity contribution is 0.291. The van der Waals surface area contributed by atoms with Gasteiger partial charge >= 0.3 is 0 Å². The van der Waals surface area contributed by atoms with Gasteiger partial charge in [-0.25, -0.2) is 8.78 Å². The molecule has 1 aromatic carbocycles. The van der Waals surface area contributed by atoms with Crippen LogP contribution in [-0.4, -0.2) is 6.61 Å². The lowest BCUT2D eigenvalue weighted by Crippen LogP contribution is -2.00. The standard InChI is InChI=1S/C9H9F3O/c1-2-5-13-7-4-3-6(10)8(11)9(7)12/h3-4H,2,5H2,1H3. The van der Waals surface area contributed by atoms with Gasteiger partial charge in [0.1, 0.15) is 0 Å². The number of benzene rings is 1. The van der Waals surface area contributed by atoms with Crippen molar-refractivity contribution in [3.8, 4) is 5.75 Å². The molecule has 0 saturated heterocycles. The normalized spacial score (nSPS) is 10.2. The van der Waals surface area contributed by atoms with E-state index in [0.29, 0.717) is 6.42 Å². The molecule has 0 N–H and O–H groups in total. The maximum Gasteiger partial charge on any atom is 0.203 e. The summed E-state index contributed by atoms with van der Waals surface area (Å²) in [7, 11) is 0. The van der Waals surface area contributed by atoms with E-state index < -0.39 is 17.5 Å². The molecule has 72 valence electrons. The van der Waals surface area contributed by atoms with Crippen LogP contribution in [0.25, 0.3) is 0 Å². The second-order valence-corrected chi connectivity index (χ2v) is 2.52. The first-order valence-electron chi connectivity index (χ1n) is 3.93. The number of hydrogen-bond acceptors (Lipinski definition) is 1. The van der Waals surface area contributed by atoms with E-state index in [0.717, 1.165) is 12.1 Å². The van der Waals surface area contributed by atoms with Gasteiger partial charge in [-0.2, -0.15) is 4.39 Å². The van der Waals surface area contributed by atoms with E-state index in [1.54, 1.807) is 0 Å². The SMILES string of the molecule is CCCOc1ccc(F)c(F)c1F. The first-order valence-corrected chi connectivity index (χ1v) is 3.93. The van der Waals surface area contributed by atoms with Crippen molar-refractivity contribution in [1.82, 2.24) is 0 Å². The van der Waals surface area contributed by atoms with Gasteiger partial charge in [0.15, 0.2) is 17.4 Å². The molecule has 0 bridgehead atoms. The van der Waals surface area contributed by atoms with Crippen LogP contribution in [0, 0.1) is 17.5 Å². The number of rotatable bonds is 3. The third kappa shape index (κ3) is 2.14. The molecule has 0 aliphatic heterocycles. The van der Waals surface area contributed by atoms with E-state index in [1.807, 2.05) is 6.92 Å². The van der Waals surface area contributed by atoms with Crippen molar-refractivity contribution in [2.45, 2.75) is 13.3 Å². The molecule has 1 aromatic rings. The van der Waals surface area contributed by atoms with Crippen molar-refractivity contribution in [3.63, 3.8) is 0 Å². The largest absolute Gasteiger partial charge is 0.490 e. The Morgan fingerprint density at radius 1 is 1.15 bits per heavy atom. The number of ether oxygens (including phenoxy) is 1. The zero-order valence-corrected chi connectivity index (χ0v) is 7.11. The second-order valence-electron chi connectivity index (χ2n) is 2.52. The Kier molecular flexibility index (Phi) is 3.17. The van der Waals surface area contributed by atoms with Crippen molar-refractivity contribution in [2.24, 2.45) is 0 Å². The fourth-order valence-corrected chi connectivity index (χ4v) is 0.832. The molecule has 13 heavy (non-hydrogen) atoms. The molecular formula is C9H9F3O. The summed E-state index contributed by atoms with van der Waals surface area (Å²) in [5.41, 5.74) is 0. The van der Waals surface area contributed by atoms with Crippen LogP contribution in [0.1, 0.15) is 13.3 Å². The van der Waals surface area contributed by atoms with E-state index >= 15 is 0 Å². The van der Waals surface area contributed by atoms with Crippen LogP contribution >= 0.6 is 0 Å². The minimum Gasteiger partial charge on any atom is -0.490 e. The van der Waals surface area contributed by atoms with Gasteiger partial charge in [0.25, 0.3) is 0 Å². The maximum absolute atomic E-state index is 12.8. The predicted octanol–water partition coefficient (Wildman–Crippen LogP) is 2.89. The van der Waals surface area contributed by atoms with Crippen molar-refractivity contribution in [3.05, 3.63) is 29.6 Å².